The standard InChI is InChI=1S/C33H39N3O5/c1-9-40-17-16-33(2,3)34-31(37)21-10-13-24(32(38)39-8)27(18-21)30-25-14-11-22(35(4)5)19-28(25)41-29-20-23(36(6)7)12-15-26(29)30/h10-15,18-20H,9,16-17H2,1-8H3/p+1. The number of fused-ring (bicyclic) bond motifs is 2. The molecule has 1 aliphatic carbocycles. The van der Waals surface area contributed by atoms with Crippen molar-refractivity contribution in [1.82, 2.24) is 9.89 Å². The van der Waals surface area contributed by atoms with Crippen LogP contribution in [0.1, 0.15) is 47.9 Å². The fourth-order valence-corrected chi connectivity index (χ4v) is 4.81. The second-order valence-electron chi connectivity index (χ2n) is 11.2. The summed E-state index contributed by atoms with van der Waals surface area (Å²) in [6, 6.07) is 17.1. The topological polar surface area (TPSA) is 84.0 Å². The van der Waals surface area contributed by atoms with Gasteiger partial charge in [0.15, 0.2) is 0 Å². The number of carbonyl (C=O) groups excluding carboxylic acids is 2. The zero-order valence-electron chi connectivity index (χ0n) is 25.3. The normalized spacial score (nSPS) is 11.5. The summed E-state index contributed by atoms with van der Waals surface area (Å²) in [5.74, 6) is -0.0542. The van der Waals surface area contributed by atoms with Crippen LogP contribution < -0.4 is 20.1 Å². The predicted octanol–water partition coefficient (Wildman–Crippen LogP) is 5.02. The Labute approximate surface area is 241 Å². The molecule has 2 aliphatic rings. The van der Waals surface area contributed by atoms with Crippen LogP contribution in [-0.2, 0) is 9.47 Å². The van der Waals surface area contributed by atoms with Crippen molar-refractivity contribution in [1.29, 1.82) is 0 Å². The molecule has 1 aliphatic heterocycles. The summed E-state index contributed by atoms with van der Waals surface area (Å²) >= 11 is 0. The van der Waals surface area contributed by atoms with Gasteiger partial charge in [0.25, 0.3) is 5.91 Å². The predicted molar refractivity (Wildman–Crippen MR) is 164 cm³/mol. The third kappa shape index (κ3) is 6.43. The first-order valence-corrected chi connectivity index (χ1v) is 13.8. The highest BCUT2D eigenvalue weighted by Crippen LogP contribution is 2.42. The molecule has 0 saturated heterocycles. The van der Waals surface area contributed by atoms with E-state index in [-0.39, 0.29) is 5.91 Å². The van der Waals surface area contributed by atoms with Gasteiger partial charge >= 0.3 is 5.97 Å². The van der Waals surface area contributed by atoms with E-state index >= 15 is 0 Å². The Morgan fingerprint density at radius 2 is 1.76 bits per heavy atom. The third-order valence-electron chi connectivity index (χ3n) is 7.21. The number of rotatable bonds is 9. The summed E-state index contributed by atoms with van der Waals surface area (Å²) in [5, 5.41) is 4.92. The molecule has 1 heterocycles. The van der Waals surface area contributed by atoms with Gasteiger partial charge in [0.1, 0.15) is 25.4 Å². The summed E-state index contributed by atoms with van der Waals surface area (Å²) in [6.07, 6.45) is 0.664. The van der Waals surface area contributed by atoms with E-state index < -0.39 is 11.5 Å². The SMILES string of the molecule is CCOCCC(C)(C)NC(=O)c1ccc(C(=O)OC)c(-c2c3ccc(=[N+](C)C)cc-3oc3cc(N(C)C)ccc23)c1. The van der Waals surface area contributed by atoms with E-state index in [9.17, 15) is 9.59 Å². The molecule has 8 nitrogen and oxygen atoms in total. The zero-order chi connectivity index (χ0) is 29.9. The molecule has 0 aromatic heterocycles. The number of anilines is 1. The molecule has 216 valence electrons. The number of nitrogens with zero attached hydrogens (tertiary/aromatic N) is 2. The number of hydrogen-bond donors (Lipinski definition) is 1. The molecule has 0 atom stereocenters. The number of amides is 1. The van der Waals surface area contributed by atoms with Crippen molar-refractivity contribution in [3.05, 3.63) is 71.1 Å². The first kappa shape index (κ1) is 29.8. The van der Waals surface area contributed by atoms with Crippen LogP contribution in [-0.4, -0.2) is 65.9 Å². The highest BCUT2D eigenvalue weighted by atomic mass is 16.5. The number of methoxy groups -OCH3 is 1. The average Bonchev–Trinajstić information content (AvgIpc) is 2.94. The van der Waals surface area contributed by atoms with Crippen molar-refractivity contribution in [2.75, 3.05) is 53.4 Å². The molecule has 2 aromatic carbocycles. The van der Waals surface area contributed by atoms with Crippen molar-refractivity contribution in [2.45, 2.75) is 32.7 Å². The molecule has 2 aromatic rings. The van der Waals surface area contributed by atoms with Crippen LogP contribution in [0.2, 0.25) is 0 Å². The lowest BCUT2D eigenvalue weighted by Gasteiger charge is -2.26. The van der Waals surface area contributed by atoms with Crippen LogP contribution in [0.3, 0.4) is 0 Å². The summed E-state index contributed by atoms with van der Waals surface area (Å²) in [7, 11) is 9.25. The van der Waals surface area contributed by atoms with Crippen LogP contribution in [0, 0.1) is 0 Å². The Bertz CT molecular complexity index is 1630. The number of benzene rings is 3. The number of ether oxygens (including phenoxy) is 2. The van der Waals surface area contributed by atoms with Gasteiger partial charge in [-0.15, -0.1) is 0 Å². The van der Waals surface area contributed by atoms with E-state index in [1.165, 1.54) is 7.11 Å². The van der Waals surface area contributed by atoms with Crippen LogP contribution in [0.4, 0.5) is 5.69 Å². The van der Waals surface area contributed by atoms with E-state index in [0.717, 1.165) is 27.6 Å². The third-order valence-corrected chi connectivity index (χ3v) is 7.21. The largest absolute Gasteiger partial charge is 0.465 e. The Morgan fingerprint density at radius 1 is 1.00 bits per heavy atom. The molecule has 4 rings (SSSR count). The van der Waals surface area contributed by atoms with Crippen LogP contribution in [0.15, 0.2) is 59.0 Å². The van der Waals surface area contributed by atoms with Gasteiger partial charge in [0, 0.05) is 72.7 Å². The minimum atomic E-state index is -0.485. The molecule has 1 amide bonds. The monoisotopic (exact) mass is 558 g/mol. The minimum absolute atomic E-state index is 0.233. The molecule has 0 bridgehead atoms. The summed E-state index contributed by atoms with van der Waals surface area (Å²) in [6.45, 7) is 7.06. The maximum Gasteiger partial charge on any atom is 0.338 e. The lowest BCUT2D eigenvalue weighted by molar-refractivity contribution is 0.0601. The maximum absolute atomic E-state index is 13.5. The molecule has 0 spiro atoms. The molecule has 41 heavy (non-hydrogen) atoms. The Balaban J connectivity index is 1.98. The average molecular weight is 559 g/mol. The van der Waals surface area contributed by atoms with Crippen molar-refractivity contribution in [3.8, 4) is 22.5 Å². The number of nitrogens with one attached hydrogen (secondary N) is 1. The summed E-state index contributed by atoms with van der Waals surface area (Å²) in [5.41, 5.74) is 4.17. The summed E-state index contributed by atoms with van der Waals surface area (Å²) in [4.78, 5) is 28.6. The molecule has 1 N–H and O–H groups in total. The van der Waals surface area contributed by atoms with E-state index in [0.29, 0.717) is 47.7 Å². The number of carbonyl (C=O) groups is 2. The molecular formula is C33H40N3O5+. The summed E-state index contributed by atoms with van der Waals surface area (Å²) < 4.78 is 19.1. The van der Waals surface area contributed by atoms with Gasteiger partial charge in [0.2, 0.25) is 5.36 Å². The Hall–Kier alpha value is -4.17. The van der Waals surface area contributed by atoms with Crippen molar-refractivity contribution in [3.63, 3.8) is 0 Å². The Morgan fingerprint density at radius 3 is 2.41 bits per heavy atom. The lowest BCUT2D eigenvalue weighted by atomic mass is 9.89. The van der Waals surface area contributed by atoms with Crippen molar-refractivity contribution in [2.24, 2.45) is 0 Å². The number of esters is 1. The van der Waals surface area contributed by atoms with E-state index in [4.69, 9.17) is 13.9 Å². The Kier molecular flexibility index (Phi) is 8.83. The van der Waals surface area contributed by atoms with E-state index in [1.54, 1.807) is 18.2 Å². The van der Waals surface area contributed by atoms with Gasteiger partial charge in [-0.1, -0.05) is 0 Å². The van der Waals surface area contributed by atoms with Crippen LogP contribution in [0.25, 0.3) is 33.4 Å². The molecular weight excluding hydrogens is 518 g/mol. The van der Waals surface area contributed by atoms with Crippen molar-refractivity contribution >= 4 is 28.5 Å². The van der Waals surface area contributed by atoms with Gasteiger partial charge in [-0.05, 0) is 69.2 Å². The first-order chi connectivity index (χ1) is 19.5. The van der Waals surface area contributed by atoms with E-state index in [1.807, 2.05) is 94.8 Å². The molecule has 0 saturated carbocycles. The lowest BCUT2D eigenvalue weighted by Crippen LogP contribution is -2.44. The van der Waals surface area contributed by atoms with Gasteiger partial charge in [0.05, 0.1) is 18.7 Å². The fraction of sp³-hybridized carbons (Fsp3) is 0.364. The maximum atomic E-state index is 13.5. The van der Waals surface area contributed by atoms with Crippen molar-refractivity contribution < 1.29 is 23.5 Å². The smallest absolute Gasteiger partial charge is 0.338 e. The zero-order valence-corrected chi connectivity index (χ0v) is 25.3. The molecule has 0 fully saturated rings. The highest BCUT2D eigenvalue weighted by Gasteiger charge is 2.26. The molecule has 0 unspecified atom stereocenters. The van der Waals surface area contributed by atoms with Crippen LogP contribution >= 0.6 is 0 Å². The second kappa shape index (κ2) is 12.1. The van der Waals surface area contributed by atoms with E-state index in [2.05, 4.69) is 5.32 Å². The first-order valence-electron chi connectivity index (χ1n) is 13.8. The minimum Gasteiger partial charge on any atom is -0.465 e. The fourth-order valence-electron chi connectivity index (χ4n) is 4.81. The quantitative estimate of drug-likeness (QED) is 0.134. The highest BCUT2D eigenvalue weighted by molar-refractivity contribution is 6.09. The van der Waals surface area contributed by atoms with Crippen LogP contribution in [0.5, 0.6) is 0 Å². The van der Waals surface area contributed by atoms with Gasteiger partial charge in [-0.3, -0.25) is 4.79 Å². The second-order valence-corrected chi connectivity index (χ2v) is 11.2. The van der Waals surface area contributed by atoms with Gasteiger partial charge < -0.3 is 24.1 Å². The van der Waals surface area contributed by atoms with Gasteiger partial charge in [-0.2, -0.15) is 0 Å². The molecule has 0 radical (unpaired) electrons. The number of hydrogen-bond acceptors (Lipinski definition) is 6. The van der Waals surface area contributed by atoms with Gasteiger partial charge in [-0.25, -0.2) is 9.37 Å². The molecule has 8 heteroatoms.